The minimum atomic E-state index is -0.472. The Bertz CT molecular complexity index is 1060. The van der Waals surface area contributed by atoms with Gasteiger partial charge >= 0.3 is 5.63 Å². The minimum Gasteiger partial charge on any atom is -0.492 e. The summed E-state index contributed by atoms with van der Waals surface area (Å²) in [6.45, 7) is 5.36. The third kappa shape index (κ3) is 6.56. The largest absolute Gasteiger partial charge is 0.492 e. The number of benzene rings is 1. The molecule has 0 fully saturated rings. The summed E-state index contributed by atoms with van der Waals surface area (Å²) in [6.07, 6.45) is 7.10. The zero-order chi connectivity index (χ0) is 22.8. The van der Waals surface area contributed by atoms with Crippen LogP contribution in [0.15, 0.2) is 39.5 Å². The van der Waals surface area contributed by atoms with Gasteiger partial charge in [-0.25, -0.2) is 4.79 Å². The first kappa shape index (κ1) is 23.8. The standard InChI is InChI=1S/C24H31N3O4S/c1-3-4-5-6-7-11-14-26-24-27-22-19(23(29)31-24)17(2)20(32-22)21(28)25-15-16-30-18-12-9-8-10-13-18/h8-10,12-13H,3-7,11,14-16H2,1-2H3,(H,25,28)(H,26,27). The molecule has 1 amide bonds. The molecule has 0 bridgehead atoms. The number of thiophene rings is 1. The zero-order valence-electron chi connectivity index (χ0n) is 18.7. The Morgan fingerprint density at radius 3 is 2.62 bits per heavy atom. The number of carbonyl (C=O) groups excluding carboxylic acids is 1. The van der Waals surface area contributed by atoms with Crippen LogP contribution in [0.2, 0.25) is 0 Å². The maximum atomic E-state index is 12.6. The first-order valence-corrected chi connectivity index (χ1v) is 12.1. The lowest BCUT2D eigenvalue weighted by Crippen LogP contribution is -2.27. The van der Waals surface area contributed by atoms with Crippen molar-refractivity contribution in [3.63, 3.8) is 0 Å². The molecule has 0 saturated carbocycles. The number of hydrogen-bond acceptors (Lipinski definition) is 7. The van der Waals surface area contributed by atoms with Gasteiger partial charge in [0.25, 0.3) is 11.9 Å². The molecule has 0 spiro atoms. The van der Waals surface area contributed by atoms with Crippen LogP contribution in [0, 0.1) is 6.92 Å². The highest BCUT2D eigenvalue weighted by molar-refractivity contribution is 7.20. The fourth-order valence-corrected chi connectivity index (χ4v) is 4.47. The third-order valence-corrected chi connectivity index (χ3v) is 6.32. The van der Waals surface area contributed by atoms with Crippen LogP contribution in [0.5, 0.6) is 5.75 Å². The number of rotatable bonds is 13. The van der Waals surface area contributed by atoms with E-state index in [9.17, 15) is 9.59 Å². The highest BCUT2D eigenvalue weighted by atomic mass is 32.1. The lowest BCUT2D eigenvalue weighted by atomic mass is 10.1. The van der Waals surface area contributed by atoms with E-state index in [0.29, 0.717) is 40.4 Å². The van der Waals surface area contributed by atoms with Crippen LogP contribution < -0.4 is 21.0 Å². The SMILES string of the molecule is CCCCCCCCNc1nc2sc(C(=O)NCCOc3ccccc3)c(C)c2c(=O)o1. The summed E-state index contributed by atoms with van der Waals surface area (Å²) >= 11 is 1.20. The van der Waals surface area contributed by atoms with E-state index in [2.05, 4.69) is 22.5 Å². The number of nitrogens with one attached hydrogen (secondary N) is 2. The average molecular weight is 458 g/mol. The van der Waals surface area contributed by atoms with Gasteiger partial charge in [0.2, 0.25) is 0 Å². The van der Waals surface area contributed by atoms with Crippen LogP contribution in [0.25, 0.3) is 10.2 Å². The molecule has 0 unspecified atom stereocenters. The van der Waals surface area contributed by atoms with Gasteiger partial charge in [0.05, 0.1) is 11.4 Å². The van der Waals surface area contributed by atoms with Gasteiger partial charge < -0.3 is 19.8 Å². The molecule has 32 heavy (non-hydrogen) atoms. The number of carbonyl (C=O) groups is 1. The molecule has 0 aliphatic heterocycles. The van der Waals surface area contributed by atoms with Crippen LogP contribution in [-0.4, -0.2) is 30.6 Å². The number of ether oxygens (including phenoxy) is 1. The highest BCUT2D eigenvalue weighted by Gasteiger charge is 2.20. The molecule has 7 nitrogen and oxygen atoms in total. The first-order chi connectivity index (χ1) is 15.6. The Kier molecular flexibility index (Phi) is 9.10. The van der Waals surface area contributed by atoms with Crippen molar-refractivity contribution < 1.29 is 13.9 Å². The molecule has 0 saturated heterocycles. The van der Waals surface area contributed by atoms with Crippen molar-refractivity contribution in [1.82, 2.24) is 10.3 Å². The van der Waals surface area contributed by atoms with Gasteiger partial charge in [-0.1, -0.05) is 57.2 Å². The first-order valence-electron chi connectivity index (χ1n) is 11.2. The molecule has 1 aromatic carbocycles. The van der Waals surface area contributed by atoms with Gasteiger partial charge in [-0.2, -0.15) is 4.98 Å². The minimum absolute atomic E-state index is 0.209. The molecule has 3 aromatic rings. The Morgan fingerprint density at radius 1 is 1.09 bits per heavy atom. The summed E-state index contributed by atoms with van der Waals surface area (Å²) < 4.78 is 10.9. The van der Waals surface area contributed by atoms with Crippen molar-refractivity contribution in [1.29, 1.82) is 0 Å². The van der Waals surface area contributed by atoms with Gasteiger partial charge in [0, 0.05) is 6.54 Å². The van der Waals surface area contributed by atoms with Crippen molar-refractivity contribution in [2.75, 3.05) is 25.0 Å². The quantitative estimate of drug-likeness (QED) is 0.345. The molecule has 2 heterocycles. The number of aromatic nitrogens is 1. The second-order valence-electron chi connectivity index (χ2n) is 7.65. The summed E-state index contributed by atoms with van der Waals surface area (Å²) in [5.74, 6) is 0.505. The summed E-state index contributed by atoms with van der Waals surface area (Å²) in [5.41, 5.74) is 0.121. The maximum absolute atomic E-state index is 12.6. The predicted octanol–water partition coefficient (Wildman–Crippen LogP) is 5.14. The van der Waals surface area contributed by atoms with Crippen molar-refractivity contribution in [3.8, 4) is 5.75 Å². The maximum Gasteiger partial charge on any atom is 0.349 e. The number of anilines is 1. The monoisotopic (exact) mass is 457 g/mol. The van der Waals surface area contributed by atoms with E-state index >= 15 is 0 Å². The number of para-hydroxylation sites is 1. The topological polar surface area (TPSA) is 93.5 Å². The molecule has 0 aliphatic carbocycles. The molecular weight excluding hydrogens is 426 g/mol. The number of aryl methyl sites for hydroxylation is 1. The van der Waals surface area contributed by atoms with E-state index in [4.69, 9.17) is 9.15 Å². The smallest absolute Gasteiger partial charge is 0.349 e. The van der Waals surface area contributed by atoms with Gasteiger partial charge in [-0.3, -0.25) is 4.79 Å². The van der Waals surface area contributed by atoms with Crippen LogP contribution in [0.3, 0.4) is 0 Å². The third-order valence-electron chi connectivity index (χ3n) is 5.14. The molecule has 2 aromatic heterocycles. The van der Waals surface area contributed by atoms with Gasteiger partial charge in [-0.05, 0) is 31.0 Å². The van der Waals surface area contributed by atoms with E-state index in [-0.39, 0.29) is 11.9 Å². The Balaban J connectivity index is 1.54. The molecule has 2 N–H and O–H groups in total. The van der Waals surface area contributed by atoms with E-state index in [1.807, 2.05) is 30.3 Å². The summed E-state index contributed by atoms with van der Waals surface area (Å²) in [5, 5.41) is 6.30. The Hall–Kier alpha value is -2.87. The predicted molar refractivity (Wildman–Crippen MR) is 129 cm³/mol. The number of amides is 1. The number of fused-ring (bicyclic) bond motifs is 1. The second-order valence-corrected chi connectivity index (χ2v) is 8.65. The molecule has 3 rings (SSSR count). The van der Waals surface area contributed by atoms with Crippen LogP contribution in [0.1, 0.15) is 60.7 Å². The molecule has 0 aliphatic rings. The summed E-state index contributed by atoms with van der Waals surface area (Å²) in [6, 6.07) is 9.63. The molecule has 8 heteroatoms. The Labute approximate surface area is 192 Å². The second kappa shape index (κ2) is 12.2. The van der Waals surface area contributed by atoms with Crippen molar-refractivity contribution in [2.24, 2.45) is 0 Å². The fraction of sp³-hybridized carbons (Fsp3) is 0.458. The number of nitrogens with zero attached hydrogens (tertiary/aromatic N) is 1. The van der Waals surface area contributed by atoms with Gasteiger partial charge in [-0.15, -0.1) is 11.3 Å². The average Bonchev–Trinajstić information content (AvgIpc) is 3.13. The van der Waals surface area contributed by atoms with Crippen LogP contribution in [0.4, 0.5) is 6.01 Å². The van der Waals surface area contributed by atoms with Gasteiger partial charge in [0.15, 0.2) is 0 Å². The lowest BCUT2D eigenvalue weighted by molar-refractivity contribution is 0.0950. The van der Waals surface area contributed by atoms with Crippen molar-refractivity contribution in [2.45, 2.75) is 52.4 Å². The number of hydrogen-bond donors (Lipinski definition) is 2. The molecule has 0 radical (unpaired) electrons. The summed E-state index contributed by atoms with van der Waals surface area (Å²) in [4.78, 5) is 30.5. The van der Waals surface area contributed by atoms with Crippen LogP contribution in [-0.2, 0) is 0 Å². The summed E-state index contributed by atoms with van der Waals surface area (Å²) in [7, 11) is 0. The van der Waals surface area contributed by atoms with E-state index in [0.717, 1.165) is 18.6 Å². The molecule has 0 atom stereocenters. The van der Waals surface area contributed by atoms with Crippen LogP contribution >= 0.6 is 11.3 Å². The number of unbranched alkanes of at least 4 members (excludes halogenated alkanes) is 5. The normalized spacial score (nSPS) is 10.9. The van der Waals surface area contributed by atoms with Gasteiger partial charge in [0.1, 0.15) is 22.6 Å². The highest BCUT2D eigenvalue weighted by Crippen LogP contribution is 2.28. The zero-order valence-corrected chi connectivity index (χ0v) is 19.6. The molecular formula is C24H31N3O4S. The van der Waals surface area contributed by atoms with E-state index in [1.165, 1.54) is 37.0 Å². The van der Waals surface area contributed by atoms with Crippen molar-refractivity contribution >= 4 is 33.5 Å². The Morgan fingerprint density at radius 2 is 1.84 bits per heavy atom. The molecule has 172 valence electrons. The van der Waals surface area contributed by atoms with Crippen molar-refractivity contribution in [3.05, 3.63) is 51.2 Å². The fourth-order valence-electron chi connectivity index (χ4n) is 3.39. The van der Waals surface area contributed by atoms with E-state index < -0.39 is 5.63 Å². The van der Waals surface area contributed by atoms with E-state index in [1.54, 1.807) is 6.92 Å². The lowest BCUT2D eigenvalue weighted by Gasteiger charge is -2.07.